The van der Waals surface area contributed by atoms with Crippen LogP contribution in [-0.4, -0.2) is 31.1 Å². The number of rotatable bonds is 4. The number of ketones is 1. The highest BCUT2D eigenvalue weighted by molar-refractivity contribution is 6.30. The summed E-state index contributed by atoms with van der Waals surface area (Å²) in [7, 11) is 0. The summed E-state index contributed by atoms with van der Waals surface area (Å²) >= 11 is 6.06. The topological polar surface area (TPSA) is 47.6 Å². The molecule has 0 saturated carbocycles. The minimum Gasteiger partial charge on any atom is -0.484 e. The van der Waals surface area contributed by atoms with Gasteiger partial charge in [0.2, 0.25) is 5.78 Å². The molecule has 118 valence electrons. The number of hydrogen-bond acceptors (Lipinski definition) is 4. The normalized spacial score (nSPS) is 20.0. The van der Waals surface area contributed by atoms with Crippen LogP contribution in [0.15, 0.2) is 42.5 Å². The van der Waals surface area contributed by atoms with Crippen molar-refractivity contribution in [1.29, 1.82) is 0 Å². The number of Topliss-reactive ketones (excluding diaryl/α,β-unsaturated/α-hetero) is 1. The maximum atomic E-state index is 12.5. The van der Waals surface area contributed by atoms with Crippen LogP contribution in [0.3, 0.4) is 0 Å². The van der Waals surface area contributed by atoms with Crippen LogP contribution in [0.2, 0.25) is 5.02 Å². The second-order valence-electron chi connectivity index (χ2n) is 5.82. The van der Waals surface area contributed by atoms with Crippen molar-refractivity contribution in [3.63, 3.8) is 0 Å². The third-order valence-corrected chi connectivity index (χ3v) is 4.43. The largest absolute Gasteiger partial charge is 0.484 e. The average molecular weight is 330 g/mol. The molecule has 1 unspecified atom stereocenters. The number of hydrogen-bond donors (Lipinski definition) is 1. The summed E-state index contributed by atoms with van der Waals surface area (Å²) in [5.41, 5.74) is 1.78. The van der Waals surface area contributed by atoms with Gasteiger partial charge in [0.1, 0.15) is 6.10 Å². The molecule has 1 saturated heterocycles. The van der Waals surface area contributed by atoms with Crippen LogP contribution in [0.5, 0.6) is 11.5 Å². The fraction of sp³-hybridized carbons (Fsp3) is 0.278. The zero-order chi connectivity index (χ0) is 15.8. The summed E-state index contributed by atoms with van der Waals surface area (Å²) < 4.78 is 11.9. The Labute approximate surface area is 139 Å². The van der Waals surface area contributed by atoms with Crippen molar-refractivity contribution in [1.82, 2.24) is 5.32 Å². The first kappa shape index (κ1) is 14.5. The maximum Gasteiger partial charge on any atom is 0.203 e. The van der Waals surface area contributed by atoms with Crippen molar-refractivity contribution in [2.24, 2.45) is 0 Å². The molecule has 0 bridgehead atoms. The highest BCUT2D eigenvalue weighted by Gasteiger charge is 2.32. The standard InChI is InChI=1S/C18H16ClNO3/c19-12-5-6-15(16(8-12)22-13-9-20-10-13)23-17-7-11-3-1-2-4-14(11)18(17)21/h1-6,8,13,17,20H,7,9-10H2. The van der Waals surface area contributed by atoms with E-state index in [1.807, 2.05) is 24.3 Å². The molecule has 2 aromatic rings. The van der Waals surface area contributed by atoms with Gasteiger partial charge in [-0.15, -0.1) is 0 Å². The zero-order valence-corrected chi connectivity index (χ0v) is 13.2. The van der Waals surface area contributed by atoms with Crippen LogP contribution in [0.25, 0.3) is 0 Å². The molecule has 1 N–H and O–H groups in total. The molecule has 23 heavy (non-hydrogen) atoms. The Morgan fingerprint density at radius 1 is 1.04 bits per heavy atom. The maximum absolute atomic E-state index is 12.5. The Kier molecular flexibility index (Phi) is 3.71. The summed E-state index contributed by atoms with van der Waals surface area (Å²) in [6.07, 6.45) is 0.199. The van der Waals surface area contributed by atoms with E-state index >= 15 is 0 Å². The molecule has 1 aliphatic carbocycles. The van der Waals surface area contributed by atoms with Gasteiger partial charge in [0.05, 0.1) is 0 Å². The van der Waals surface area contributed by atoms with Gasteiger partial charge in [-0.3, -0.25) is 4.79 Å². The lowest BCUT2D eigenvalue weighted by molar-refractivity contribution is 0.0802. The number of benzene rings is 2. The average Bonchev–Trinajstić information content (AvgIpc) is 2.82. The number of halogens is 1. The minimum absolute atomic E-state index is 0.0202. The van der Waals surface area contributed by atoms with Crippen LogP contribution >= 0.6 is 11.6 Å². The van der Waals surface area contributed by atoms with E-state index in [0.29, 0.717) is 22.9 Å². The van der Waals surface area contributed by atoms with Gasteiger partial charge in [-0.05, 0) is 17.7 Å². The van der Waals surface area contributed by atoms with E-state index < -0.39 is 6.10 Å². The van der Waals surface area contributed by atoms with Gasteiger partial charge in [0, 0.05) is 36.2 Å². The molecule has 0 radical (unpaired) electrons. The van der Waals surface area contributed by atoms with Crippen molar-refractivity contribution in [2.75, 3.05) is 13.1 Å². The van der Waals surface area contributed by atoms with Crippen LogP contribution in [-0.2, 0) is 6.42 Å². The highest BCUT2D eigenvalue weighted by atomic mass is 35.5. The van der Waals surface area contributed by atoms with E-state index in [1.165, 1.54) is 0 Å². The number of carbonyl (C=O) groups is 1. The van der Waals surface area contributed by atoms with E-state index in [-0.39, 0.29) is 11.9 Å². The molecular formula is C18H16ClNO3. The first-order chi connectivity index (χ1) is 11.2. The summed E-state index contributed by atoms with van der Waals surface area (Å²) in [5, 5.41) is 3.74. The summed E-state index contributed by atoms with van der Waals surface area (Å²) in [4.78, 5) is 12.5. The molecule has 4 nitrogen and oxygen atoms in total. The molecule has 1 heterocycles. The van der Waals surface area contributed by atoms with Crippen LogP contribution < -0.4 is 14.8 Å². The van der Waals surface area contributed by atoms with E-state index in [2.05, 4.69) is 5.32 Å². The minimum atomic E-state index is -0.504. The fourth-order valence-corrected chi connectivity index (χ4v) is 3.01. The molecule has 0 amide bonds. The highest BCUT2D eigenvalue weighted by Crippen LogP contribution is 2.34. The van der Waals surface area contributed by atoms with Gasteiger partial charge in [-0.2, -0.15) is 0 Å². The molecule has 1 aliphatic heterocycles. The van der Waals surface area contributed by atoms with Gasteiger partial charge in [0.25, 0.3) is 0 Å². The Morgan fingerprint density at radius 3 is 2.61 bits per heavy atom. The number of fused-ring (bicyclic) bond motifs is 1. The molecule has 4 rings (SSSR count). The lowest BCUT2D eigenvalue weighted by Crippen LogP contribution is -2.50. The third kappa shape index (κ3) is 2.80. The predicted octanol–water partition coefficient (Wildman–Crippen LogP) is 2.88. The smallest absolute Gasteiger partial charge is 0.203 e. The molecule has 1 atom stereocenters. The Morgan fingerprint density at radius 2 is 1.87 bits per heavy atom. The van der Waals surface area contributed by atoms with Gasteiger partial charge in [-0.25, -0.2) is 0 Å². The summed E-state index contributed by atoms with van der Waals surface area (Å²) in [6.45, 7) is 1.61. The molecular weight excluding hydrogens is 314 g/mol. The monoisotopic (exact) mass is 329 g/mol. The summed E-state index contributed by atoms with van der Waals surface area (Å²) in [5.74, 6) is 1.17. The second-order valence-corrected chi connectivity index (χ2v) is 6.26. The van der Waals surface area contributed by atoms with Gasteiger partial charge in [-0.1, -0.05) is 35.9 Å². The van der Waals surface area contributed by atoms with Gasteiger partial charge < -0.3 is 14.8 Å². The second kappa shape index (κ2) is 5.87. The van der Waals surface area contributed by atoms with Crippen molar-refractivity contribution < 1.29 is 14.3 Å². The molecule has 5 heteroatoms. The van der Waals surface area contributed by atoms with Crippen LogP contribution in [0.4, 0.5) is 0 Å². The van der Waals surface area contributed by atoms with Crippen molar-refractivity contribution in [3.05, 3.63) is 58.6 Å². The number of nitrogens with one attached hydrogen (secondary N) is 1. The Bertz CT molecular complexity index is 758. The number of carbonyl (C=O) groups excluding carboxylic acids is 1. The number of ether oxygens (including phenoxy) is 2. The van der Waals surface area contributed by atoms with Crippen molar-refractivity contribution in [2.45, 2.75) is 18.6 Å². The first-order valence-electron chi connectivity index (χ1n) is 7.66. The van der Waals surface area contributed by atoms with Gasteiger partial charge >= 0.3 is 0 Å². The van der Waals surface area contributed by atoms with E-state index in [0.717, 1.165) is 24.2 Å². The third-order valence-electron chi connectivity index (χ3n) is 4.19. The van der Waals surface area contributed by atoms with Crippen LogP contribution in [0, 0.1) is 0 Å². The lowest BCUT2D eigenvalue weighted by Gasteiger charge is -2.29. The van der Waals surface area contributed by atoms with Crippen LogP contribution in [0.1, 0.15) is 15.9 Å². The Balaban J connectivity index is 1.56. The first-order valence-corrected chi connectivity index (χ1v) is 8.04. The SMILES string of the molecule is O=C1c2ccccc2CC1Oc1ccc(Cl)cc1OC1CNC1. The fourth-order valence-electron chi connectivity index (χ4n) is 2.85. The predicted molar refractivity (Wildman–Crippen MR) is 87.6 cm³/mol. The molecule has 2 aliphatic rings. The lowest BCUT2D eigenvalue weighted by atomic mass is 10.1. The van der Waals surface area contributed by atoms with Gasteiger partial charge in [0.15, 0.2) is 17.6 Å². The molecule has 0 spiro atoms. The quantitative estimate of drug-likeness (QED) is 0.937. The molecule has 0 aromatic heterocycles. The van der Waals surface area contributed by atoms with Crippen molar-refractivity contribution >= 4 is 17.4 Å². The Hall–Kier alpha value is -2.04. The van der Waals surface area contributed by atoms with Crippen molar-refractivity contribution in [3.8, 4) is 11.5 Å². The summed E-state index contributed by atoms with van der Waals surface area (Å²) in [6, 6.07) is 12.9. The molecule has 1 fully saturated rings. The zero-order valence-electron chi connectivity index (χ0n) is 12.4. The van der Waals surface area contributed by atoms with E-state index in [1.54, 1.807) is 18.2 Å². The van der Waals surface area contributed by atoms with E-state index in [9.17, 15) is 4.79 Å². The van der Waals surface area contributed by atoms with E-state index in [4.69, 9.17) is 21.1 Å². The molecule has 2 aromatic carbocycles.